The molecule has 0 radical (unpaired) electrons. The Bertz CT molecular complexity index is 869. The minimum absolute atomic E-state index is 0.0784. The third-order valence-corrected chi connectivity index (χ3v) is 3.59. The number of nitro benzene ring substituents is 1. The molecule has 0 bridgehead atoms. The van der Waals surface area contributed by atoms with Crippen molar-refractivity contribution in [1.82, 2.24) is 10.9 Å². The molecule has 0 aliphatic heterocycles. The van der Waals surface area contributed by atoms with Gasteiger partial charge in [0.1, 0.15) is 0 Å². The Hall–Kier alpha value is -3.33. The Labute approximate surface area is 154 Å². The molecule has 2 aromatic rings. The Balaban J connectivity index is 1.89. The molecule has 2 aromatic carbocycles. The van der Waals surface area contributed by atoms with Crippen LogP contribution in [-0.4, -0.2) is 21.7 Å². The molecule has 1 amide bonds. The second-order valence-electron chi connectivity index (χ2n) is 5.33. The summed E-state index contributed by atoms with van der Waals surface area (Å²) in [6, 6.07) is 12.7. The lowest BCUT2D eigenvalue weighted by molar-refractivity contribution is -0.385. The zero-order chi connectivity index (χ0) is 19.1. The van der Waals surface area contributed by atoms with Crippen molar-refractivity contribution in [3.63, 3.8) is 0 Å². The fourth-order valence-electron chi connectivity index (χ4n) is 2.16. The summed E-state index contributed by atoms with van der Waals surface area (Å²) in [5.74, 6) is -0.564. The lowest BCUT2D eigenvalue weighted by atomic mass is 10.1. The normalized spacial score (nSPS) is 9.88. The molecule has 0 atom stereocenters. The number of nitro groups is 1. The molecule has 26 heavy (non-hydrogen) atoms. The smallest absolute Gasteiger partial charge is 0.273 e. The van der Waals surface area contributed by atoms with Crippen LogP contribution in [0.15, 0.2) is 48.5 Å². The molecule has 0 heterocycles. The van der Waals surface area contributed by atoms with Crippen LogP contribution in [0.4, 0.5) is 11.4 Å². The van der Waals surface area contributed by atoms with Crippen molar-refractivity contribution < 1.29 is 14.5 Å². The summed E-state index contributed by atoms with van der Waals surface area (Å²) in [4.78, 5) is 33.7. The van der Waals surface area contributed by atoms with Crippen molar-refractivity contribution >= 4 is 40.4 Å². The van der Waals surface area contributed by atoms with Gasteiger partial charge in [-0.25, -0.2) is 0 Å². The van der Waals surface area contributed by atoms with E-state index in [2.05, 4.69) is 16.2 Å². The molecule has 0 aliphatic rings. The number of carbonyl (C=O) groups excluding carboxylic acids is 2. The second kappa shape index (κ2) is 8.67. The topological polar surface area (TPSA) is 113 Å². The van der Waals surface area contributed by atoms with E-state index in [9.17, 15) is 19.7 Å². The number of anilines is 1. The van der Waals surface area contributed by atoms with E-state index >= 15 is 0 Å². The van der Waals surface area contributed by atoms with Crippen molar-refractivity contribution in [1.29, 1.82) is 0 Å². The van der Waals surface area contributed by atoms with Gasteiger partial charge < -0.3 is 5.32 Å². The van der Waals surface area contributed by atoms with Crippen LogP contribution in [0.5, 0.6) is 0 Å². The van der Waals surface area contributed by atoms with Crippen LogP contribution in [0.25, 0.3) is 0 Å². The Kier molecular flexibility index (Phi) is 6.34. The molecule has 134 valence electrons. The second-order valence-corrected chi connectivity index (χ2v) is 5.74. The molecule has 2 rings (SSSR count). The van der Waals surface area contributed by atoms with Gasteiger partial charge in [0.05, 0.1) is 11.3 Å². The number of ketones is 1. The molecular formula is C17H16N4O4S. The van der Waals surface area contributed by atoms with E-state index in [0.29, 0.717) is 16.8 Å². The molecular weight excluding hydrogens is 356 g/mol. The molecule has 3 N–H and O–H groups in total. The summed E-state index contributed by atoms with van der Waals surface area (Å²) in [5.41, 5.74) is 6.17. The third-order valence-electron chi connectivity index (χ3n) is 3.38. The van der Waals surface area contributed by atoms with Crippen molar-refractivity contribution in [3.8, 4) is 0 Å². The zero-order valence-corrected chi connectivity index (χ0v) is 14.6. The number of hydrogen-bond acceptors (Lipinski definition) is 5. The number of para-hydroxylation sites is 1. The number of hydrazine groups is 1. The maximum atomic E-state index is 12.0. The quantitative estimate of drug-likeness (QED) is 0.319. The number of carbonyl (C=O) groups is 2. The van der Waals surface area contributed by atoms with Crippen LogP contribution in [-0.2, 0) is 11.2 Å². The lowest BCUT2D eigenvalue weighted by Gasteiger charge is -2.12. The predicted octanol–water partition coefficient (Wildman–Crippen LogP) is 2.36. The molecule has 0 saturated heterocycles. The van der Waals surface area contributed by atoms with E-state index in [1.54, 1.807) is 30.3 Å². The minimum Gasteiger partial charge on any atom is -0.331 e. The number of hydrogen-bond donors (Lipinski definition) is 3. The fourth-order valence-corrected chi connectivity index (χ4v) is 2.33. The average Bonchev–Trinajstić information content (AvgIpc) is 2.60. The first-order valence-electron chi connectivity index (χ1n) is 7.56. The number of nitrogens with one attached hydrogen (secondary N) is 3. The first-order chi connectivity index (χ1) is 12.4. The number of nitrogens with zero attached hydrogens (tertiary/aromatic N) is 1. The van der Waals surface area contributed by atoms with Crippen LogP contribution in [0, 0.1) is 10.1 Å². The van der Waals surface area contributed by atoms with E-state index in [4.69, 9.17) is 12.2 Å². The summed E-state index contributed by atoms with van der Waals surface area (Å²) >= 11 is 5.07. The summed E-state index contributed by atoms with van der Waals surface area (Å²) < 4.78 is 0. The first kappa shape index (κ1) is 19.0. The number of amides is 1. The standard InChI is InChI=1S/C17H16N4O4S/c1-11(22)12-6-4-7-14(9-12)18-17(26)20-19-16(23)10-13-5-2-3-8-15(13)21(24)25/h2-9H,10H2,1H3,(H,19,23)(H2,18,20,26). The van der Waals surface area contributed by atoms with E-state index in [1.165, 1.54) is 25.1 Å². The van der Waals surface area contributed by atoms with Gasteiger partial charge >= 0.3 is 0 Å². The van der Waals surface area contributed by atoms with Crippen LogP contribution in [0.2, 0.25) is 0 Å². The average molecular weight is 372 g/mol. The predicted molar refractivity (Wildman–Crippen MR) is 101 cm³/mol. The maximum absolute atomic E-state index is 12.0. The molecule has 0 aromatic heterocycles. The SMILES string of the molecule is CC(=O)c1cccc(NC(=S)NNC(=O)Cc2ccccc2[N+](=O)[O-])c1. The van der Waals surface area contributed by atoms with Gasteiger partial charge in [-0.05, 0) is 31.3 Å². The lowest BCUT2D eigenvalue weighted by Crippen LogP contribution is -2.44. The summed E-state index contributed by atoms with van der Waals surface area (Å²) in [7, 11) is 0. The van der Waals surface area contributed by atoms with Gasteiger partial charge in [-0.2, -0.15) is 0 Å². The molecule has 0 unspecified atom stereocenters. The third kappa shape index (κ3) is 5.35. The van der Waals surface area contributed by atoms with E-state index in [-0.39, 0.29) is 23.0 Å². The highest BCUT2D eigenvalue weighted by Crippen LogP contribution is 2.17. The highest BCUT2D eigenvalue weighted by molar-refractivity contribution is 7.80. The van der Waals surface area contributed by atoms with Gasteiger partial charge in [0, 0.05) is 22.9 Å². The highest BCUT2D eigenvalue weighted by atomic mass is 32.1. The van der Waals surface area contributed by atoms with E-state index in [0.717, 1.165) is 0 Å². The zero-order valence-electron chi connectivity index (χ0n) is 13.8. The molecule has 0 spiro atoms. The first-order valence-corrected chi connectivity index (χ1v) is 7.97. The molecule has 0 fully saturated rings. The van der Waals surface area contributed by atoms with Crippen molar-refractivity contribution in [2.24, 2.45) is 0 Å². The Morgan fingerprint density at radius 1 is 1.12 bits per heavy atom. The monoisotopic (exact) mass is 372 g/mol. The van der Waals surface area contributed by atoms with E-state index in [1.807, 2.05) is 0 Å². The largest absolute Gasteiger partial charge is 0.331 e. The summed E-state index contributed by atoms with van der Waals surface area (Å²) in [6.07, 6.45) is -0.174. The van der Waals surface area contributed by atoms with Gasteiger partial charge in [0.15, 0.2) is 10.9 Å². The molecule has 9 heteroatoms. The Morgan fingerprint density at radius 2 is 1.85 bits per heavy atom. The Morgan fingerprint density at radius 3 is 2.54 bits per heavy atom. The molecule has 0 aliphatic carbocycles. The van der Waals surface area contributed by atoms with Gasteiger partial charge in [-0.3, -0.25) is 30.6 Å². The minimum atomic E-state index is -0.537. The van der Waals surface area contributed by atoms with Gasteiger partial charge in [0.25, 0.3) is 5.69 Å². The van der Waals surface area contributed by atoms with Crippen LogP contribution >= 0.6 is 12.2 Å². The highest BCUT2D eigenvalue weighted by Gasteiger charge is 2.15. The van der Waals surface area contributed by atoms with Crippen molar-refractivity contribution in [2.75, 3.05) is 5.32 Å². The molecule has 8 nitrogen and oxygen atoms in total. The van der Waals surface area contributed by atoms with Crippen LogP contribution in [0.3, 0.4) is 0 Å². The fraction of sp³-hybridized carbons (Fsp3) is 0.118. The van der Waals surface area contributed by atoms with Gasteiger partial charge in [-0.1, -0.05) is 30.3 Å². The number of thiocarbonyl (C=S) groups is 1. The summed E-state index contributed by atoms with van der Waals surface area (Å²) in [6.45, 7) is 1.46. The van der Waals surface area contributed by atoms with Crippen molar-refractivity contribution in [3.05, 3.63) is 69.8 Å². The van der Waals surface area contributed by atoms with Crippen LogP contribution in [0.1, 0.15) is 22.8 Å². The van der Waals surface area contributed by atoms with Gasteiger partial charge in [-0.15, -0.1) is 0 Å². The maximum Gasteiger partial charge on any atom is 0.273 e. The number of Topliss-reactive ketones (excluding diaryl/α,β-unsaturated/α-hetero) is 1. The van der Waals surface area contributed by atoms with E-state index < -0.39 is 10.8 Å². The van der Waals surface area contributed by atoms with Gasteiger partial charge in [0.2, 0.25) is 5.91 Å². The van der Waals surface area contributed by atoms with Crippen molar-refractivity contribution in [2.45, 2.75) is 13.3 Å². The van der Waals surface area contributed by atoms with Crippen LogP contribution < -0.4 is 16.2 Å². The number of rotatable bonds is 5. The molecule has 0 saturated carbocycles. The number of benzene rings is 2. The summed E-state index contributed by atoms with van der Waals surface area (Å²) in [5, 5.41) is 13.9.